The summed E-state index contributed by atoms with van der Waals surface area (Å²) in [7, 11) is 0. The summed E-state index contributed by atoms with van der Waals surface area (Å²) in [5.74, 6) is 5.88. The first kappa shape index (κ1) is 19.4. The molecule has 6 heteroatoms. The van der Waals surface area contributed by atoms with Gasteiger partial charge in [0.05, 0.1) is 25.4 Å². The number of rotatable bonds is 3. The van der Waals surface area contributed by atoms with Crippen LogP contribution in [-0.2, 0) is 24.1 Å². The van der Waals surface area contributed by atoms with E-state index in [1.807, 2.05) is 12.1 Å². The molecule has 0 radical (unpaired) electrons. The zero-order valence-corrected chi connectivity index (χ0v) is 14.7. The topological polar surface area (TPSA) is 32.7 Å². The van der Waals surface area contributed by atoms with Gasteiger partial charge < -0.3 is 9.84 Å². The molecular weight excluding hydrogens is 355 g/mol. The average Bonchev–Trinajstić information content (AvgIpc) is 2.66. The lowest BCUT2D eigenvalue weighted by Crippen LogP contribution is -2.35. The van der Waals surface area contributed by atoms with E-state index in [1.165, 1.54) is 12.1 Å². The first-order valence-electron chi connectivity index (χ1n) is 8.67. The van der Waals surface area contributed by atoms with Gasteiger partial charge in [-0.1, -0.05) is 17.9 Å². The molecule has 0 amide bonds. The van der Waals surface area contributed by atoms with Crippen LogP contribution in [0, 0.1) is 11.8 Å². The molecule has 27 heavy (non-hydrogen) atoms. The van der Waals surface area contributed by atoms with Gasteiger partial charge in [0.25, 0.3) is 0 Å². The predicted molar refractivity (Wildman–Crippen MR) is 95.9 cm³/mol. The van der Waals surface area contributed by atoms with E-state index in [0.717, 1.165) is 48.5 Å². The molecular formula is C21H20F3NO2. The van der Waals surface area contributed by atoms with Crippen molar-refractivity contribution in [1.82, 2.24) is 4.90 Å². The third-order valence-corrected chi connectivity index (χ3v) is 4.31. The molecule has 0 spiro atoms. The van der Waals surface area contributed by atoms with Gasteiger partial charge in [-0.3, -0.25) is 4.90 Å². The number of alkyl halides is 3. The number of nitrogens with zero attached hydrogens (tertiary/aromatic N) is 1. The summed E-state index contributed by atoms with van der Waals surface area (Å²) in [5.41, 5.74) is 2.35. The molecule has 3 nitrogen and oxygen atoms in total. The molecule has 0 saturated carbocycles. The lowest BCUT2D eigenvalue weighted by Gasteiger charge is -2.26. The van der Waals surface area contributed by atoms with Crippen LogP contribution in [0.25, 0.3) is 0 Å². The maximum atomic E-state index is 12.6. The van der Waals surface area contributed by atoms with E-state index in [-0.39, 0.29) is 6.61 Å². The Bertz CT molecular complexity index is 829. The maximum Gasteiger partial charge on any atom is 0.416 e. The summed E-state index contributed by atoms with van der Waals surface area (Å²) in [6.45, 7) is 3.78. The summed E-state index contributed by atoms with van der Waals surface area (Å²) < 4.78 is 43.2. The molecule has 0 aliphatic carbocycles. The number of aliphatic hydroxyl groups is 1. The van der Waals surface area contributed by atoms with Crippen LogP contribution in [0.4, 0.5) is 13.2 Å². The van der Waals surface area contributed by atoms with E-state index < -0.39 is 11.7 Å². The Hall–Kier alpha value is -2.33. The molecule has 0 bridgehead atoms. The molecule has 0 unspecified atom stereocenters. The molecule has 142 valence electrons. The Balaban J connectivity index is 1.78. The van der Waals surface area contributed by atoms with Crippen molar-refractivity contribution in [1.29, 1.82) is 0 Å². The van der Waals surface area contributed by atoms with Crippen LogP contribution in [-0.4, -0.2) is 36.3 Å². The van der Waals surface area contributed by atoms with Crippen molar-refractivity contribution in [3.05, 3.63) is 70.3 Å². The lowest BCUT2D eigenvalue weighted by molar-refractivity contribution is -0.137. The molecule has 0 atom stereocenters. The number of benzene rings is 2. The van der Waals surface area contributed by atoms with Crippen LogP contribution >= 0.6 is 0 Å². The zero-order valence-electron chi connectivity index (χ0n) is 14.7. The van der Waals surface area contributed by atoms with E-state index in [2.05, 4.69) is 16.7 Å². The van der Waals surface area contributed by atoms with Gasteiger partial charge in [-0.25, -0.2) is 0 Å². The lowest BCUT2D eigenvalue weighted by atomic mass is 10.0. The average molecular weight is 375 g/mol. The van der Waals surface area contributed by atoms with Crippen molar-refractivity contribution >= 4 is 0 Å². The summed E-state index contributed by atoms with van der Waals surface area (Å²) in [6.07, 6.45) is -4.35. The van der Waals surface area contributed by atoms with Crippen LogP contribution in [0.5, 0.6) is 0 Å². The maximum absolute atomic E-state index is 12.6. The van der Waals surface area contributed by atoms with Crippen LogP contribution in [0.2, 0.25) is 0 Å². The minimum absolute atomic E-state index is 0.0914. The van der Waals surface area contributed by atoms with Gasteiger partial charge in [0, 0.05) is 30.8 Å². The highest BCUT2D eigenvalue weighted by molar-refractivity contribution is 5.46. The van der Waals surface area contributed by atoms with E-state index in [9.17, 15) is 18.3 Å². The fourth-order valence-electron chi connectivity index (χ4n) is 2.92. The largest absolute Gasteiger partial charge is 0.416 e. The fraction of sp³-hybridized carbons (Fsp3) is 0.333. The molecule has 2 aromatic rings. The highest BCUT2D eigenvalue weighted by atomic mass is 19.4. The van der Waals surface area contributed by atoms with Gasteiger partial charge in [0.15, 0.2) is 0 Å². The number of morpholine rings is 1. The van der Waals surface area contributed by atoms with Crippen LogP contribution in [0.15, 0.2) is 42.5 Å². The number of hydrogen-bond acceptors (Lipinski definition) is 3. The minimum Gasteiger partial charge on any atom is -0.392 e. The van der Waals surface area contributed by atoms with Crippen LogP contribution in [0.3, 0.4) is 0 Å². The number of ether oxygens (including phenoxy) is 1. The Morgan fingerprint density at radius 3 is 2.19 bits per heavy atom. The van der Waals surface area contributed by atoms with Crippen molar-refractivity contribution < 1.29 is 23.0 Å². The van der Waals surface area contributed by atoms with Crippen molar-refractivity contribution in [2.75, 3.05) is 26.3 Å². The van der Waals surface area contributed by atoms with Gasteiger partial charge in [0.2, 0.25) is 0 Å². The molecule has 0 aromatic heterocycles. The van der Waals surface area contributed by atoms with Gasteiger partial charge >= 0.3 is 6.18 Å². The standard InChI is InChI=1S/C21H20F3NO2/c22-21(23,24)20-5-3-16(4-6-20)1-2-17-11-18(13-19(12-17)15-26)14-25-7-9-27-10-8-25/h3-6,11-13,26H,7-10,14-15H2. The Kier molecular flexibility index (Phi) is 6.17. The molecule has 1 fully saturated rings. The summed E-state index contributed by atoms with van der Waals surface area (Å²) in [5, 5.41) is 9.50. The molecule has 2 aromatic carbocycles. The molecule has 1 N–H and O–H groups in total. The SMILES string of the molecule is OCc1cc(C#Cc2ccc(C(F)(F)F)cc2)cc(CN2CCOCC2)c1. The van der Waals surface area contributed by atoms with Gasteiger partial charge in [0.1, 0.15) is 0 Å². The third-order valence-electron chi connectivity index (χ3n) is 4.31. The van der Waals surface area contributed by atoms with Crippen LogP contribution in [0.1, 0.15) is 27.8 Å². The first-order valence-corrected chi connectivity index (χ1v) is 8.67. The van der Waals surface area contributed by atoms with Gasteiger partial charge in [-0.15, -0.1) is 0 Å². The number of halogens is 3. The summed E-state index contributed by atoms with van der Waals surface area (Å²) in [6, 6.07) is 10.5. The predicted octanol–water partition coefficient (Wildman–Crippen LogP) is 3.43. The second-order valence-corrected chi connectivity index (χ2v) is 6.41. The Morgan fingerprint density at radius 2 is 1.56 bits per heavy atom. The highest BCUT2D eigenvalue weighted by Crippen LogP contribution is 2.29. The van der Waals surface area contributed by atoms with Crippen LogP contribution < -0.4 is 0 Å². The minimum atomic E-state index is -4.35. The van der Waals surface area contributed by atoms with Crippen molar-refractivity contribution in [3.63, 3.8) is 0 Å². The van der Waals surface area contributed by atoms with E-state index in [4.69, 9.17) is 4.74 Å². The van der Waals surface area contributed by atoms with E-state index in [0.29, 0.717) is 18.8 Å². The molecule has 1 aliphatic heterocycles. The smallest absolute Gasteiger partial charge is 0.392 e. The van der Waals surface area contributed by atoms with Crippen molar-refractivity contribution in [2.45, 2.75) is 19.3 Å². The van der Waals surface area contributed by atoms with E-state index in [1.54, 1.807) is 6.07 Å². The van der Waals surface area contributed by atoms with Crippen molar-refractivity contribution in [3.8, 4) is 11.8 Å². The first-order chi connectivity index (χ1) is 12.9. The Labute approximate surface area is 156 Å². The van der Waals surface area contributed by atoms with E-state index >= 15 is 0 Å². The summed E-state index contributed by atoms with van der Waals surface area (Å²) >= 11 is 0. The molecule has 1 saturated heterocycles. The second-order valence-electron chi connectivity index (χ2n) is 6.41. The number of hydrogen-bond donors (Lipinski definition) is 1. The van der Waals surface area contributed by atoms with Gasteiger partial charge in [-0.2, -0.15) is 13.2 Å². The normalized spacial score (nSPS) is 15.3. The monoisotopic (exact) mass is 375 g/mol. The highest BCUT2D eigenvalue weighted by Gasteiger charge is 2.29. The fourth-order valence-corrected chi connectivity index (χ4v) is 2.92. The summed E-state index contributed by atoms with van der Waals surface area (Å²) in [4.78, 5) is 2.27. The molecule has 1 aliphatic rings. The molecule has 1 heterocycles. The van der Waals surface area contributed by atoms with Crippen molar-refractivity contribution in [2.24, 2.45) is 0 Å². The quantitative estimate of drug-likeness (QED) is 0.835. The third kappa shape index (κ3) is 5.57. The van der Waals surface area contributed by atoms with Gasteiger partial charge in [-0.05, 0) is 47.5 Å². The zero-order chi connectivity index (χ0) is 19.3. The number of aliphatic hydroxyl groups excluding tert-OH is 1. The second kappa shape index (κ2) is 8.57. The molecule has 3 rings (SSSR count). The Morgan fingerprint density at radius 1 is 0.926 bits per heavy atom.